The summed E-state index contributed by atoms with van der Waals surface area (Å²) in [5, 5.41) is 9.02. The van der Waals surface area contributed by atoms with Gasteiger partial charge in [0, 0.05) is 38.9 Å². The first-order valence-corrected chi connectivity index (χ1v) is 6.38. The Kier molecular flexibility index (Phi) is 4.70. The average Bonchev–Trinajstić information content (AvgIpc) is 2.41. The van der Waals surface area contributed by atoms with Gasteiger partial charge in [-0.1, -0.05) is 0 Å². The summed E-state index contributed by atoms with van der Waals surface area (Å²) in [7, 11) is 2.11. The van der Waals surface area contributed by atoms with E-state index in [0.717, 1.165) is 32.7 Å². The molecule has 0 spiro atoms. The van der Waals surface area contributed by atoms with Crippen LogP contribution in [0.4, 0.5) is 0 Å². The fourth-order valence-electron chi connectivity index (χ4n) is 2.03. The van der Waals surface area contributed by atoms with Crippen LogP contribution in [0.3, 0.4) is 0 Å². The molecule has 6 nitrogen and oxygen atoms in total. The Bertz CT molecular complexity index is 431. The summed E-state index contributed by atoms with van der Waals surface area (Å²) in [6, 6.07) is 1.45. The normalized spacial score (nSPS) is 17.3. The molecule has 0 atom stereocenters. The zero-order chi connectivity index (χ0) is 13.7. The number of rotatable bonds is 5. The van der Waals surface area contributed by atoms with E-state index in [1.54, 1.807) is 0 Å². The van der Waals surface area contributed by atoms with E-state index in [0.29, 0.717) is 12.4 Å². The Morgan fingerprint density at radius 1 is 1.42 bits per heavy atom. The maximum absolute atomic E-state index is 11.0. The predicted molar refractivity (Wildman–Crippen MR) is 70.6 cm³/mol. The zero-order valence-electron chi connectivity index (χ0n) is 11.1. The Labute approximate surface area is 112 Å². The second kappa shape index (κ2) is 6.49. The number of aromatic nitrogens is 1. The monoisotopic (exact) mass is 265 g/mol. The molecule has 1 aromatic heterocycles. The van der Waals surface area contributed by atoms with Crippen LogP contribution in [0.5, 0.6) is 5.75 Å². The lowest BCUT2D eigenvalue weighted by Crippen LogP contribution is -2.45. The molecule has 0 unspecified atom stereocenters. The fourth-order valence-corrected chi connectivity index (χ4v) is 2.03. The minimum Gasteiger partial charge on any atom is -0.490 e. The molecule has 1 aromatic rings. The van der Waals surface area contributed by atoms with Gasteiger partial charge in [0.15, 0.2) is 5.75 Å². The molecule has 0 aliphatic carbocycles. The minimum atomic E-state index is -0.989. The van der Waals surface area contributed by atoms with E-state index < -0.39 is 5.97 Å². The van der Waals surface area contributed by atoms with Crippen molar-refractivity contribution in [3.05, 3.63) is 24.0 Å². The van der Waals surface area contributed by atoms with Gasteiger partial charge in [0.1, 0.15) is 12.2 Å². The molecule has 2 rings (SSSR count). The lowest BCUT2D eigenvalue weighted by Gasteiger charge is -2.32. The second-order valence-electron chi connectivity index (χ2n) is 4.67. The van der Waals surface area contributed by atoms with Crippen LogP contribution in [0.2, 0.25) is 0 Å². The molecule has 1 N–H and O–H groups in total. The zero-order valence-corrected chi connectivity index (χ0v) is 11.1. The summed E-state index contributed by atoms with van der Waals surface area (Å²) in [5.41, 5.74) is 0.161. The van der Waals surface area contributed by atoms with Crippen LogP contribution < -0.4 is 4.74 Å². The highest BCUT2D eigenvalue weighted by atomic mass is 16.5. The van der Waals surface area contributed by atoms with Crippen molar-refractivity contribution in [3.63, 3.8) is 0 Å². The first-order chi connectivity index (χ1) is 9.16. The molecular formula is C13H19N3O3. The number of piperazine rings is 1. The fraction of sp³-hybridized carbons (Fsp3) is 0.538. The van der Waals surface area contributed by atoms with Crippen molar-refractivity contribution >= 4 is 5.97 Å². The molecule has 0 saturated carbocycles. The number of carbonyl (C=O) groups is 1. The topological polar surface area (TPSA) is 65.9 Å². The van der Waals surface area contributed by atoms with Gasteiger partial charge in [0.2, 0.25) is 0 Å². The van der Waals surface area contributed by atoms with Gasteiger partial charge in [0.25, 0.3) is 0 Å². The largest absolute Gasteiger partial charge is 0.490 e. The smallest absolute Gasteiger partial charge is 0.339 e. The van der Waals surface area contributed by atoms with E-state index in [1.165, 1.54) is 18.5 Å². The highest BCUT2D eigenvalue weighted by Gasteiger charge is 2.14. The number of hydrogen-bond donors (Lipinski definition) is 1. The van der Waals surface area contributed by atoms with Gasteiger partial charge >= 0.3 is 5.97 Å². The number of pyridine rings is 1. The van der Waals surface area contributed by atoms with Gasteiger partial charge < -0.3 is 14.7 Å². The van der Waals surface area contributed by atoms with E-state index in [2.05, 4.69) is 21.8 Å². The molecule has 19 heavy (non-hydrogen) atoms. The van der Waals surface area contributed by atoms with Crippen molar-refractivity contribution in [3.8, 4) is 5.75 Å². The van der Waals surface area contributed by atoms with Crippen LogP contribution in [0, 0.1) is 0 Å². The van der Waals surface area contributed by atoms with Crippen molar-refractivity contribution in [2.75, 3.05) is 46.4 Å². The van der Waals surface area contributed by atoms with Crippen LogP contribution in [0.15, 0.2) is 18.5 Å². The number of hydrogen-bond acceptors (Lipinski definition) is 5. The first-order valence-electron chi connectivity index (χ1n) is 6.38. The summed E-state index contributed by atoms with van der Waals surface area (Å²) in [5.74, 6) is -0.652. The Balaban J connectivity index is 1.81. The van der Waals surface area contributed by atoms with E-state index in [9.17, 15) is 4.79 Å². The molecule has 1 saturated heterocycles. The maximum Gasteiger partial charge on any atom is 0.339 e. The van der Waals surface area contributed by atoms with Gasteiger partial charge in [0.05, 0.1) is 6.20 Å². The number of nitrogens with zero attached hydrogens (tertiary/aromatic N) is 3. The van der Waals surface area contributed by atoms with Crippen LogP contribution in [-0.4, -0.2) is 72.2 Å². The number of carboxylic acids is 1. The molecule has 1 aliphatic heterocycles. The molecule has 1 aliphatic rings. The number of aromatic carboxylic acids is 1. The Hall–Kier alpha value is -1.66. The number of likely N-dealkylation sites (N-methyl/N-ethyl adjacent to an activating group) is 1. The van der Waals surface area contributed by atoms with Gasteiger partial charge in [-0.25, -0.2) is 4.79 Å². The number of carboxylic acid groups (broad SMARTS) is 1. The van der Waals surface area contributed by atoms with Gasteiger partial charge in [-0.15, -0.1) is 0 Å². The van der Waals surface area contributed by atoms with Crippen LogP contribution in [-0.2, 0) is 0 Å². The SMILES string of the molecule is CN1CCN(CCOc2cnccc2C(=O)O)CC1. The lowest BCUT2D eigenvalue weighted by atomic mass is 10.2. The third kappa shape index (κ3) is 3.90. The van der Waals surface area contributed by atoms with E-state index in [-0.39, 0.29) is 5.56 Å². The molecule has 104 valence electrons. The number of ether oxygens (including phenoxy) is 1. The van der Waals surface area contributed by atoms with Gasteiger partial charge in [-0.2, -0.15) is 0 Å². The molecule has 2 heterocycles. The Morgan fingerprint density at radius 3 is 2.84 bits per heavy atom. The first kappa shape index (κ1) is 13.8. The molecule has 0 amide bonds. The summed E-state index contributed by atoms with van der Waals surface area (Å²) in [4.78, 5) is 19.5. The van der Waals surface area contributed by atoms with Crippen LogP contribution >= 0.6 is 0 Å². The third-order valence-corrected chi connectivity index (χ3v) is 3.28. The summed E-state index contributed by atoms with van der Waals surface area (Å²) in [6.07, 6.45) is 2.91. The van der Waals surface area contributed by atoms with Crippen LogP contribution in [0.25, 0.3) is 0 Å². The summed E-state index contributed by atoms with van der Waals surface area (Å²) in [6.45, 7) is 5.47. The molecule has 6 heteroatoms. The van der Waals surface area contributed by atoms with E-state index in [1.807, 2.05) is 0 Å². The van der Waals surface area contributed by atoms with Crippen LogP contribution in [0.1, 0.15) is 10.4 Å². The average molecular weight is 265 g/mol. The lowest BCUT2D eigenvalue weighted by molar-refractivity contribution is 0.0690. The molecule has 0 bridgehead atoms. The van der Waals surface area contributed by atoms with E-state index >= 15 is 0 Å². The van der Waals surface area contributed by atoms with Crippen molar-refractivity contribution in [2.24, 2.45) is 0 Å². The van der Waals surface area contributed by atoms with Crippen molar-refractivity contribution in [2.45, 2.75) is 0 Å². The third-order valence-electron chi connectivity index (χ3n) is 3.28. The standard InChI is InChI=1S/C13H19N3O3/c1-15-4-6-16(7-5-15)8-9-19-12-10-14-3-2-11(12)13(17)18/h2-3,10H,4-9H2,1H3,(H,17,18). The summed E-state index contributed by atoms with van der Waals surface area (Å²) < 4.78 is 5.53. The van der Waals surface area contributed by atoms with Crippen molar-refractivity contribution in [1.82, 2.24) is 14.8 Å². The predicted octanol–water partition coefficient (Wildman–Crippen LogP) is 0.406. The quantitative estimate of drug-likeness (QED) is 0.831. The molecule has 0 radical (unpaired) electrons. The van der Waals surface area contributed by atoms with E-state index in [4.69, 9.17) is 9.84 Å². The Morgan fingerprint density at radius 2 is 2.16 bits per heavy atom. The van der Waals surface area contributed by atoms with Gasteiger partial charge in [-0.3, -0.25) is 9.88 Å². The molecule has 0 aromatic carbocycles. The highest BCUT2D eigenvalue weighted by molar-refractivity contribution is 5.90. The minimum absolute atomic E-state index is 0.161. The highest BCUT2D eigenvalue weighted by Crippen LogP contribution is 2.16. The van der Waals surface area contributed by atoms with Crippen molar-refractivity contribution < 1.29 is 14.6 Å². The molecule has 1 fully saturated rings. The second-order valence-corrected chi connectivity index (χ2v) is 4.67. The maximum atomic E-state index is 11.0. The summed E-state index contributed by atoms with van der Waals surface area (Å²) >= 11 is 0. The molecular weight excluding hydrogens is 246 g/mol. The van der Waals surface area contributed by atoms with Gasteiger partial charge in [-0.05, 0) is 13.1 Å². The van der Waals surface area contributed by atoms with Crippen molar-refractivity contribution in [1.29, 1.82) is 0 Å².